The Morgan fingerprint density at radius 3 is 2.93 bits per heavy atom. The molecule has 0 aliphatic heterocycles. The average molecular weight is 207 g/mol. The molecule has 0 radical (unpaired) electrons. The Bertz CT molecular complexity index is 433. The molecule has 2 aromatic heterocycles. The first-order chi connectivity index (χ1) is 7.33. The van der Waals surface area contributed by atoms with E-state index in [2.05, 4.69) is 10.1 Å². The van der Waals surface area contributed by atoms with Crippen molar-refractivity contribution in [3.8, 4) is 11.7 Å². The smallest absolute Gasteiger partial charge is 0.293 e. The van der Waals surface area contributed by atoms with E-state index in [0.29, 0.717) is 30.4 Å². The number of nitrogens with two attached hydrogens (primary N) is 1. The topological polar surface area (TPSA) is 78.1 Å². The largest absolute Gasteiger partial charge is 0.456 e. The lowest BCUT2D eigenvalue weighted by atomic mass is 10.3. The number of rotatable bonds is 4. The summed E-state index contributed by atoms with van der Waals surface area (Å²) < 4.78 is 10.5. The van der Waals surface area contributed by atoms with Crippen molar-refractivity contribution in [1.29, 1.82) is 0 Å². The van der Waals surface area contributed by atoms with Gasteiger partial charge in [0.15, 0.2) is 11.6 Å². The Morgan fingerprint density at radius 1 is 1.40 bits per heavy atom. The molecule has 0 aliphatic rings. The predicted molar refractivity (Wildman–Crippen MR) is 54.1 cm³/mol. The van der Waals surface area contributed by atoms with Gasteiger partial charge in [-0.15, -0.1) is 0 Å². The van der Waals surface area contributed by atoms with Crippen LogP contribution >= 0.6 is 0 Å². The van der Waals surface area contributed by atoms with Crippen LogP contribution in [0.2, 0.25) is 0 Å². The van der Waals surface area contributed by atoms with Crippen LogP contribution in [0, 0.1) is 0 Å². The molecule has 0 atom stereocenters. The third kappa shape index (κ3) is 2.07. The minimum absolute atomic E-state index is 0.415. The van der Waals surface area contributed by atoms with E-state index in [0.717, 1.165) is 12.2 Å². The van der Waals surface area contributed by atoms with Crippen LogP contribution in [-0.4, -0.2) is 16.7 Å². The van der Waals surface area contributed by atoms with Gasteiger partial charge in [0, 0.05) is 12.8 Å². The van der Waals surface area contributed by atoms with Crippen LogP contribution in [0.3, 0.4) is 0 Å². The second kappa shape index (κ2) is 4.27. The summed E-state index contributed by atoms with van der Waals surface area (Å²) in [5.41, 5.74) is 5.39. The normalized spacial score (nSPS) is 10.8. The first-order valence-corrected chi connectivity index (χ1v) is 4.95. The Labute approximate surface area is 87.3 Å². The molecule has 80 valence electrons. The highest BCUT2D eigenvalue weighted by Crippen LogP contribution is 2.20. The minimum Gasteiger partial charge on any atom is -0.456 e. The second-order valence-corrected chi connectivity index (χ2v) is 3.17. The zero-order valence-corrected chi connectivity index (χ0v) is 8.56. The van der Waals surface area contributed by atoms with Gasteiger partial charge < -0.3 is 14.7 Å². The Balaban J connectivity index is 2.21. The Hall–Kier alpha value is -1.62. The highest BCUT2D eigenvalue weighted by molar-refractivity contribution is 5.44. The number of nitrogens with zero attached hydrogens (tertiary/aromatic N) is 2. The molecule has 0 aromatic carbocycles. The van der Waals surface area contributed by atoms with Crippen LogP contribution in [0.4, 0.5) is 0 Å². The summed E-state index contributed by atoms with van der Waals surface area (Å²) in [7, 11) is 0. The third-order valence-electron chi connectivity index (χ3n) is 2.06. The van der Waals surface area contributed by atoms with Gasteiger partial charge in [0.25, 0.3) is 5.89 Å². The van der Waals surface area contributed by atoms with Gasteiger partial charge in [0.05, 0.1) is 0 Å². The van der Waals surface area contributed by atoms with Gasteiger partial charge in [0.1, 0.15) is 5.76 Å². The summed E-state index contributed by atoms with van der Waals surface area (Å²) in [6.45, 7) is 2.54. The van der Waals surface area contributed by atoms with Crippen LogP contribution in [-0.2, 0) is 12.8 Å². The van der Waals surface area contributed by atoms with Crippen molar-refractivity contribution in [2.45, 2.75) is 19.8 Å². The summed E-state index contributed by atoms with van der Waals surface area (Å²) >= 11 is 0. The molecule has 2 aromatic rings. The zero-order chi connectivity index (χ0) is 10.7. The number of hydrogen-bond acceptors (Lipinski definition) is 5. The molecule has 0 fully saturated rings. The molecule has 5 nitrogen and oxygen atoms in total. The lowest BCUT2D eigenvalue weighted by Gasteiger charge is -1.87. The molecule has 0 unspecified atom stereocenters. The van der Waals surface area contributed by atoms with Gasteiger partial charge in [-0.25, -0.2) is 0 Å². The van der Waals surface area contributed by atoms with Crippen LogP contribution in [0.5, 0.6) is 0 Å². The van der Waals surface area contributed by atoms with Crippen molar-refractivity contribution in [3.63, 3.8) is 0 Å². The maximum absolute atomic E-state index is 5.48. The standard InChI is InChI=1S/C10H13N3O2/c1-2-7-3-4-8(14-7)10-12-9(5-6-11)13-15-10/h3-4H,2,5-6,11H2,1H3. The van der Waals surface area contributed by atoms with Crippen molar-refractivity contribution in [1.82, 2.24) is 10.1 Å². The van der Waals surface area contributed by atoms with Crippen molar-refractivity contribution >= 4 is 0 Å². The van der Waals surface area contributed by atoms with Crippen LogP contribution in [0.15, 0.2) is 21.1 Å². The summed E-state index contributed by atoms with van der Waals surface area (Å²) in [5.74, 6) is 2.55. The quantitative estimate of drug-likeness (QED) is 0.819. The lowest BCUT2D eigenvalue weighted by Crippen LogP contribution is -2.03. The SMILES string of the molecule is CCc1ccc(-c2nc(CCN)no2)o1. The molecule has 0 bridgehead atoms. The summed E-state index contributed by atoms with van der Waals surface area (Å²) in [5, 5.41) is 3.79. The fraction of sp³-hybridized carbons (Fsp3) is 0.400. The first-order valence-electron chi connectivity index (χ1n) is 4.95. The molecular weight excluding hydrogens is 194 g/mol. The predicted octanol–water partition coefficient (Wildman–Crippen LogP) is 1.39. The van der Waals surface area contributed by atoms with E-state index in [-0.39, 0.29) is 0 Å². The van der Waals surface area contributed by atoms with E-state index in [1.165, 1.54) is 0 Å². The lowest BCUT2D eigenvalue weighted by molar-refractivity contribution is 0.405. The molecule has 0 spiro atoms. The molecule has 2 heterocycles. The summed E-state index contributed by atoms with van der Waals surface area (Å²) in [4.78, 5) is 4.17. The van der Waals surface area contributed by atoms with Crippen molar-refractivity contribution < 1.29 is 8.94 Å². The molecule has 2 N–H and O–H groups in total. The van der Waals surface area contributed by atoms with Gasteiger partial charge in [-0.1, -0.05) is 12.1 Å². The molecule has 0 saturated heterocycles. The van der Waals surface area contributed by atoms with E-state index in [4.69, 9.17) is 14.7 Å². The monoisotopic (exact) mass is 207 g/mol. The summed E-state index contributed by atoms with van der Waals surface area (Å²) in [6.07, 6.45) is 1.47. The van der Waals surface area contributed by atoms with E-state index < -0.39 is 0 Å². The average Bonchev–Trinajstić information content (AvgIpc) is 2.85. The third-order valence-corrected chi connectivity index (χ3v) is 2.06. The van der Waals surface area contributed by atoms with Crippen molar-refractivity contribution in [2.75, 3.05) is 6.54 Å². The summed E-state index contributed by atoms with van der Waals surface area (Å²) in [6, 6.07) is 3.74. The maximum Gasteiger partial charge on any atom is 0.293 e. The molecule has 0 saturated carbocycles. The fourth-order valence-electron chi connectivity index (χ4n) is 1.27. The molecular formula is C10H13N3O2. The number of aryl methyl sites for hydroxylation is 1. The Morgan fingerprint density at radius 2 is 2.27 bits per heavy atom. The van der Waals surface area contributed by atoms with Crippen molar-refractivity contribution in [2.24, 2.45) is 5.73 Å². The molecule has 0 amide bonds. The number of hydrogen-bond donors (Lipinski definition) is 1. The van der Waals surface area contributed by atoms with Gasteiger partial charge in [-0.3, -0.25) is 0 Å². The van der Waals surface area contributed by atoms with E-state index >= 15 is 0 Å². The van der Waals surface area contributed by atoms with Crippen molar-refractivity contribution in [3.05, 3.63) is 23.7 Å². The molecule has 2 rings (SSSR count). The zero-order valence-electron chi connectivity index (χ0n) is 8.56. The highest BCUT2D eigenvalue weighted by atomic mass is 16.5. The van der Waals surface area contributed by atoms with Gasteiger partial charge >= 0.3 is 0 Å². The molecule has 5 heteroatoms. The second-order valence-electron chi connectivity index (χ2n) is 3.17. The van der Waals surface area contributed by atoms with E-state index in [1.807, 2.05) is 19.1 Å². The maximum atomic E-state index is 5.48. The fourth-order valence-corrected chi connectivity index (χ4v) is 1.27. The molecule has 0 aliphatic carbocycles. The minimum atomic E-state index is 0.415. The first kappa shape index (κ1) is 9.92. The number of furan rings is 1. The highest BCUT2D eigenvalue weighted by Gasteiger charge is 2.11. The van der Waals surface area contributed by atoms with E-state index in [1.54, 1.807) is 0 Å². The number of aromatic nitrogens is 2. The molecule has 15 heavy (non-hydrogen) atoms. The van der Waals surface area contributed by atoms with Gasteiger partial charge in [-0.05, 0) is 18.7 Å². The Kier molecular flexibility index (Phi) is 2.82. The van der Waals surface area contributed by atoms with Crippen LogP contribution in [0.1, 0.15) is 18.5 Å². The van der Waals surface area contributed by atoms with E-state index in [9.17, 15) is 0 Å². The van der Waals surface area contributed by atoms with Crippen LogP contribution in [0.25, 0.3) is 11.7 Å². The van der Waals surface area contributed by atoms with Gasteiger partial charge in [0.2, 0.25) is 0 Å². The van der Waals surface area contributed by atoms with Crippen LogP contribution < -0.4 is 5.73 Å². The van der Waals surface area contributed by atoms with Gasteiger partial charge in [-0.2, -0.15) is 4.98 Å².